The summed E-state index contributed by atoms with van der Waals surface area (Å²) in [4.78, 5) is 65.2. The Morgan fingerprint density at radius 1 is 0.944 bits per heavy atom. The third-order valence-corrected chi connectivity index (χ3v) is 10.3. The standard InChI is InChI=1S/C41H39N9O4/c1-3-37-46-39(36-24-48(25(2)51)16-17-50(36)37)32-9-5-8-28-19-35(44-22-33(28)32)29-10-12-34(43-20-29)41(54)42-14-15-49-23-30(21-45-49)26-6-4-7-27(18-26)31-11-13-38(52)47-40(31)53/h4-10,12,18-23,31H,3,11,13-17,24H2,1-2H3,(H,42,54)(H,47,52,53). The molecular formula is C41H39N9O4. The summed E-state index contributed by atoms with van der Waals surface area (Å²) in [5.74, 6) is -0.0721. The summed E-state index contributed by atoms with van der Waals surface area (Å²) in [6, 6.07) is 19.4. The Morgan fingerprint density at radius 3 is 2.61 bits per heavy atom. The number of aromatic nitrogens is 6. The van der Waals surface area contributed by atoms with Crippen LogP contribution in [0.3, 0.4) is 0 Å². The number of carbonyl (C=O) groups excluding carboxylic acids is 4. The van der Waals surface area contributed by atoms with Gasteiger partial charge in [0.2, 0.25) is 17.7 Å². The molecule has 8 rings (SSSR count). The third-order valence-electron chi connectivity index (χ3n) is 10.3. The zero-order valence-electron chi connectivity index (χ0n) is 30.1. The number of nitrogens with zero attached hydrogens (tertiary/aromatic N) is 7. The topological polar surface area (TPSA) is 157 Å². The first kappa shape index (κ1) is 34.6. The van der Waals surface area contributed by atoms with Gasteiger partial charge in [0.25, 0.3) is 5.91 Å². The number of nitrogens with one attached hydrogen (secondary N) is 2. The second-order valence-electron chi connectivity index (χ2n) is 13.7. The number of hydrogen-bond donors (Lipinski definition) is 2. The van der Waals surface area contributed by atoms with Crippen LogP contribution in [-0.2, 0) is 40.4 Å². The minimum absolute atomic E-state index is 0.0605. The Hall–Kier alpha value is -6.50. The monoisotopic (exact) mass is 721 g/mol. The van der Waals surface area contributed by atoms with Crippen LogP contribution in [-0.4, -0.2) is 70.9 Å². The predicted octanol–water partition coefficient (Wildman–Crippen LogP) is 4.90. The van der Waals surface area contributed by atoms with Crippen molar-refractivity contribution < 1.29 is 19.2 Å². The number of imide groups is 1. The molecule has 4 amide bonds. The van der Waals surface area contributed by atoms with E-state index >= 15 is 0 Å². The molecule has 4 aromatic heterocycles. The molecule has 2 N–H and O–H groups in total. The van der Waals surface area contributed by atoms with Gasteiger partial charge in [0.05, 0.1) is 42.3 Å². The van der Waals surface area contributed by atoms with Crippen molar-refractivity contribution >= 4 is 34.4 Å². The molecule has 13 nitrogen and oxygen atoms in total. The Labute approximate surface area is 311 Å². The van der Waals surface area contributed by atoms with Crippen molar-refractivity contribution in [2.24, 2.45) is 0 Å². The van der Waals surface area contributed by atoms with Gasteiger partial charge in [0.1, 0.15) is 11.5 Å². The first-order valence-electron chi connectivity index (χ1n) is 18.2. The lowest BCUT2D eigenvalue weighted by molar-refractivity contribution is -0.134. The van der Waals surface area contributed by atoms with Crippen LogP contribution in [0.1, 0.15) is 60.2 Å². The van der Waals surface area contributed by atoms with Gasteiger partial charge in [0.15, 0.2) is 0 Å². The zero-order chi connectivity index (χ0) is 37.3. The number of benzene rings is 2. The molecule has 1 fully saturated rings. The minimum atomic E-state index is -0.358. The Morgan fingerprint density at radius 2 is 1.81 bits per heavy atom. The van der Waals surface area contributed by atoms with Gasteiger partial charge < -0.3 is 14.8 Å². The number of aryl methyl sites for hydroxylation is 1. The molecule has 1 unspecified atom stereocenters. The number of piperidine rings is 1. The summed E-state index contributed by atoms with van der Waals surface area (Å²) < 4.78 is 4.01. The second-order valence-corrected chi connectivity index (χ2v) is 13.7. The van der Waals surface area contributed by atoms with Gasteiger partial charge in [-0.3, -0.25) is 39.1 Å². The lowest BCUT2D eigenvalue weighted by Gasteiger charge is -2.28. The van der Waals surface area contributed by atoms with E-state index < -0.39 is 0 Å². The summed E-state index contributed by atoms with van der Waals surface area (Å²) in [7, 11) is 0. The average Bonchev–Trinajstić information content (AvgIpc) is 3.82. The van der Waals surface area contributed by atoms with Gasteiger partial charge in [-0.15, -0.1) is 0 Å². The van der Waals surface area contributed by atoms with E-state index in [0.29, 0.717) is 44.7 Å². The van der Waals surface area contributed by atoms with Crippen LogP contribution in [0, 0.1) is 0 Å². The quantitative estimate of drug-likeness (QED) is 0.200. The molecule has 0 spiro atoms. The molecule has 6 aromatic rings. The van der Waals surface area contributed by atoms with E-state index in [0.717, 1.165) is 74.5 Å². The Bertz CT molecular complexity index is 2430. The van der Waals surface area contributed by atoms with Gasteiger partial charge in [-0.2, -0.15) is 5.10 Å². The number of rotatable bonds is 9. The van der Waals surface area contributed by atoms with Gasteiger partial charge in [-0.1, -0.05) is 49.4 Å². The molecule has 0 aliphatic carbocycles. The van der Waals surface area contributed by atoms with Crippen LogP contribution in [0.5, 0.6) is 0 Å². The number of pyridine rings is 2. The van der Waals surface area contributed by atoms with Crippen LogP contribution in [0.15, 0.2) is 85.5 Å². The van der Waals surface area contributed by atoms with Crippen molar-refractivity contribution in [2.45, 2.75) is 58.7 Å². The molecule has 6 heterocycles. The van der Waals surface area contributed by atoms with Crippen LogP contribution in [0.2, 0.25) is 0 Å². The normalized spacial score (nSPS) is 15.6. The molecular weight excluding hydrogens is 683 g/mol. The second kappa shape index (κ2) is 14.5. The highest BCUT2D eigenvalue weighted by Crippen LogP contribution is 2.34. The molecule has 2 aliphatic rings. The molecule has 0 bridgehead atoms. The van der Waals surface area contributed by atoms with Crippen LogP contribution in [0.4, 0.5) is 0 Å². The molecule has 0 radical (unpaired) electrons. The maximum absolute atomic E-state index is 13.0. The van der Waals surface area contributed by atoms with Gasteiger partial charge in [-0.05, 0) is 41.1 Å². The number of fused-ring (bicyclic) bond motifs is 2. The van der Waals surface area contributed by atoms with Crippen LogP contribution >= 0.6 is 0 Å². The van der Waals surface area contributed by atoms with E-state index in [2.05, 4.69) is 38.3 Å². The van der Waals surface area contributed by atoms with E-state index in [1.807, 2.05) is 65.8 Å². The summed E-state index contributed by atoms with van der Waals surface area (Å²) >= 11 is 0. The van der Waals surface area contributed by atoms with E-state index in [1.165, 1.54) is 0 Å². The van der Waals surface area contributed by atoms with Gasteiger partial charge in [0, 0.05) is 80.1 Å². The fourth-order valence-electron chi connectivity index (χ4n) is 7.37. The summed E-state index contributed by atoms with van der Waals surface area (Å²) in [6.45, 7) is 6.45. The predicted molar refractivity (Wildman–Crippen MR) is 202 cm³/mol. The number of imidazole rings is 1. The molecule has 272 valence electrons. The molecule has 0 saturated carbocycles. The SMILES string of the molecule is CCc1nc(-c2cccc3cc(-c4ccc(C(=O)NCCn5cc(-c6cccc(C7CCC(=O)NC7=O)c6)cn5)nc4)ncc23)c2n1CCN(C(C)=O)C2. The smallest absolute Gasteiger partial charge is 0.269 e. The molecule has 2 aromatic carbocycles. The van der Waals surface area contributed by atoms with Crippen molar-refractivity contribution in [3.63, 3.8) is 0 Å². The van der Waals surface area contributed by atoms with Crippen molar-refractivity contribution in [1.82, 2.24) is 44.8 Å². The van der Waals surface area contributed by atoms with E-state index in [4.69, 9.17) is 9.97 Å². The van der Waals surface area contributed by atoms with E-state index in [1.54, 1.807) is 30.1 Å². The number of carbonyl (C=O) groups is 4. The van der Waals surface area contributed by atoms with Gasteiger partial charge >= 0.3 is 0 Å². The fraction of sp³-hybridized carbons (Fsp3) is 0.268. The third kappa shape index (κ3) is 6.75. The fourth-order valence-corrected chi connectivity index (χ4v) is 7.37. The Kier molecular flexibility index (Phi) is 9.28. The largest absolute Gasteiger partial charge is 0.349 e. The molecule has 1 saturated heterocycles. The van der Waals surface area contributed by atoms with Crippen LogP contribution in [0.25, 0.3) is 44.4 Å². The summed E-state index contributed by atoms with van der Waals surface area (Å²) in [6.07, 6.45) is 8.79. The average molecular weight is 722 g/mol. The van der Waals surface area contributed by atoms with Crippen molar-refractivity contribution in [1.29, 1.82) is 0 Å². The minimum Gasteiger partial charge on any atom is -0.349 e. The highest BCUT2D eigenvalue weighted by atomic mass is 16.2. The maximum Gasteiger partial charge on any atom is 0.269 e. The lowest BCUT2D eigenvalue weighted by atomic mass is 9.89. The summed E-state index contributed by atoms with van der Waals surface area (Å²) in [5, 5.41) is 11.8. The van der Waals surface area contributed by atoms with E-state index in [-0.39, 0.29) is 29.5 Å². The number of hydrogen-bond acceptors (Lipinski definition) is 8. The Balaban J connectivity index is 0.913. The van der Waals surface area contributed by atoms with Crippen LogP contribution < -0.4 is 10.6 Å². The van der Waals surface area contributed by atoms with Crippen molar-refractivity contribution in [3.8, 4) is 33.6 Å². The maximum atomic E-state index is 13.0. The molecule has 13 heteroatoms. The van der Waals surface area contributed by atoms with Crippen molar-refractivity contribution in [2.75, 3.05) is 13.1 Å². The zero-order valence-corrected chi connectivity index (χ0v) is 30.1. The first-order chi connectivity index (χ1) is 26.2. The molecule has 2 aliphatic heterocycles. The number of amides is 4. The van der Waals surface area contributed by atoms with E-state index in [9.17, 15) is 19.2 Å². The highest BCUT2D eigenvalue weighted by molar-refractivity contribution is 6.01. The first-order valence-corrected chi connectivity index (χ1v) is 18.2. The molecule has 1 atom stereocenters. The van der Waals surface area contributed by atoms with Crippen molar-refractivity contribution in [3.05, 3.63) is 108 Å². The summed E-state index contributed by atoms with van der Waals surface area (Å²) in [5.41, 5.74) is 7.40. The van der Waals surface area contributed by atoms with Gasteiger partial charge in [-0.25, -0.2) is 4.98 Å². The highest BCUT2D eigenvalue weighted by Gasteiger charge is 2.29. The lowest BCUT2D eigenvalue weighted by Crippen LogP contribution is -2.39. The molecule has 54 heavy (non-hydrogen) atoms.